The molecule has 2 N–H and O–H groups in total. The number of rotatable bonds is 10. The van der Waals surface area contributed by atoms with Crippen molar-refractivity contribution in [2.45, 2.75) is 33.0 Å². The Labute approximate surface area is 214 Å². The van der Waals surface area contributed by atoms with E-state index in [9.17, 15) is 24.3 Å². The van der Waals surface area contributed by atoms with Crippen LogP contribution in [0.5, 0.6) is 5.75 Å². The first-order valence-electron chi connectivity index (χ1n) is 11.5. The van der Waals surface area contributed by atoms with E-state index < -0.39 is 36.0 Å². The number of aryl methyl sites for hydroxylation is 2. The van der Waals surface area contributed by atoms with Crippen molar-refractivity contribution in [2.75, 3.05) is 11.9 Å². The molecule has 3 aromatic carbocycles. The normalized spacial score (nSPS) is 12.1. The molecule has 0 radical (unpaired) electrons. The highest BCUT2D eigenvalue weighted by molar-refractivity contribution is 6.01. The van der Waals surface area contributed by atoms with Crippen molar-refractivity contribution in [1.82, 2.24) is 0 Å². The lowest BCUT2D eigenvalue weighted by Gasteiger charge is -2.23. The van der Waals surface area contributed by atoms with Gasteiger partial charge in [0.1, 0.15) is 5.75 Å². The smallest absolute Gasteiger partial charge is 0.349 e. The van der Waals surface area contributed by atoms with Crippen LogP contribution in [0.15, 0.2) is 72.8 Å². The van der Waals surface area contributed by atoms with Gasteiger partial charge in [-0.05, 0) is 69.3 Å². The lowest BCUT2D eigenvalue weighted by Crippen LogP contribution is -2.48. The third-order valence-electron chi connectivity index (χ3n) is 5.25. The first-order chi connectivity index (χ1) is 17.7. The van der Waals surface area contributed by atoms with Crippen LogP contribution in [0.1, 0.15) is 38.8 Å². The van der Waals surface area contributed by atoms with Crippen molar-refractivity contribution in [1.29, 1.82) is 0 Å². The maximum atomic E-state index is 13.2. The first-order valence-corrected chi connectivity index (χ1v) is 11.5. The van der Waals surface area contributed by atoms with Crippen molar-refractivity contribution in [3.8, 4) is 5.75 Å². The summed E-state index contributed by atoms with van der Waals surface area (Å²) in [5.41, 5.74) is 2.23. The topological polar surface area (TPSA) is 128 Å². The van der Waals surface area contributed by atoms with E-state index in [4.69, 9.17) is 14.2 Å². The molecule has 0 saturated carbocycles. The van der Waals surface area contributed by atoms with Crippen LogP contribution >= 0.6 is 0 Å². The van der Waals surface area contributed by atoms with Crippen LogP contribution in [-0.2, 0) is 19.1 Å². The Kier molecular flexibility index (Phi) is 8.99. The summed E-state index contributed by atoms with van der Waals surface area (Å²) in [5.74, 6) is -4.03. The highest BCUT2D eigenvalue weighted by Gasteiger charge is 2.41. The van der Waals surface area contributed by atoms with Crippen molar-refractivity contribution >= 4 is 29.5 Å². The fraction of sp³-hybridized carbons (Fsp3) is 0.214. The van der Waals surface area contributed by atoms with Gasteiger partial charge < -0.3 is 24.6 Å². The molecule has 0 spiro atoms. The third kappa shape index (κ3) is 7.41. The molecule has 0 bridgehead atoms. The fourth-order valence-electron chi connectivity index (χ4n) is 3.26. The lowest BCUT2D eigenvalue weighted by atomic mass is 10.1. The highest BCUT2D eigenvalue weighted by atomic mass is 16.6. The summed E-state index contributed by atoms with van der Waals surface area (Å²) in [4.78, 5) is 50.8. The Bertz CT molecular complexity index is 1250. The summed E-state index contributed by atoms with van der Waals surface area (Å²) in [6, 6.07) is 18.8. The number of carbonyl (C=O) groups is 4. The van der Waals surface area contributed by atoms with Crippen molar-refractivity contribution < 1.29 is 38.5 Å². The predicted molar refractivity (Wildman–Crippen MR) is 135 cm³/mol. The van der Waals surface area contributed by atoms with Gasteiger partial charge in [-0.3, -0.25) is 4.79 Å². The van der Waals surface area contributed by atoms with Crippen LogP contribution in [-0.4, -0.2) is 47.7 Å². The average molecular weight is 506 g/mol. The molecule has 0 aromatic heterocycles. The highest BCUT2D eigenvalue weighted by Crippen LogP contribution is 2.19. The molecule has 0 aliphatic carbocycles. The van der Waals surface area contributed by atoms with E-state index >= 15 is 0 Å². The first kappa shape index (κ1) is 26.9. The second kappa shape index (κ2) is 12.3. The molecule has 2 atom stereocenters. The number of carboxylic acids is 1. The summed E-state index contributed by atoms with van der Waals surface area (Å²) in [6.07, 6.45) is -4.11. The standard InChI is InChI=1S/C28H27NO8/c1-4-35-22-15-13-21(14-16-22)29-25(30)23(36-27(33)19-9-5-17(2)6-10-19)24(26(31)32)37-28(34)20-11-7-18(3)8-12-20/h5-16,23-24H,4H2,1-3H3,(H,29,30)(H,31,32)/t23-,24+/m1/s1. The minimum atomic E-state index is -2.12. The van der Waals surface area contributed by atoms with Crippen LogP contribution in [0.2, 0.25) is 0 Å². The Morgan fingerprint density at radius 2 is 1.19 bits per heavy atom. The van der Waals surface area contributed by atoms with Gasteiger partial charge in [-0.15, -0.1) is 0 Å². The summed E-state index contributed by atoms with van der Waals surface area (Å²) in [5, 5.41) is 12.4. The van der Waals surface area contributed by atoms with Gasteiger partial charge in [0.15, 0.2) is 0 Å². The van der Waals surface area contributed by atoms with Crippen molar-refractivity contribution in [2.24, 2.45) is 0 Å². The zero-order chi connectivity index (χ0) is 26.9. The van der Waals surface area contributed by atoms with Crippen molar-refractivity contribution in [3.05, 3.63) is 95.1 Å². The Hall–Kier alpha value is -4.66. The number of hydrogen-bond acceptors (Lipinski definition) is 7. The van der Waals surface area contributed by atoms with Gasteiger partial charge in [0.05, 0.1) is 17.7 Å². The SMILES string of the molecule is CCOc1ccc(NC(=O)[C@H](OC(=O)c2ccc(C)cc2)[C@H](OC(=O)c2ccc(C)cc2)C(=O)O)cc1. The van der Waals surface area contributed by atoms with E-state index in [1.54, 1.807) is 36.4 Å². The number of anilines is 1. The molecule has 0 fully saturated rings. The number of ether oxygens (including phenoxy) is 3. The largest absolute Gasteiger partial charge is 0.494 e. The minimum absolute atomic E-state index is 0.0763. The number of esters is 2. The number of nitrogens with one attached hydrogen (secondary N) is 1. The third-order valence-corrected chi connectivity index (χ3v) is 5.25. The zero-order valence-electron chi connectivity index (χ0n) is 20.6. The Balaban J connectivity index is 1.88. The Morgan fingerprint density at radius 3 is 1.62 bits per heavy atom. The van der Waals surface area contributed by atoms with Crippen LogP contribution in [0.4, 0.5) is 5.69 Å². The molecule has 0 aliphatic heterocycles. The molecule has 3 rings (SSSR count). The van der Waals surface area contributed by atoms with Crippen LogP contribution < -0.4 is 10.1 Å². The van der Waals surface area contributed by atoms with Gasteiger partial charge in [-0.1, -0.05) is 35.4 Å². The number of benzene rings is 3. The predicted octanol–water partition coefficient (Wildman–Crippen LogP) is 4.18. The van der Waals surface area contributed by atoms with Gasteiger partial charge in [0.25, 0.3) is 5.91 Å². The summed E-state index contributed by atoms with van der Waals surface area (Å²) in [6.45, 7) is 5.93. The maximum Gasteiger partial charge on any atom is 0.349 e. The number of carboxylic acid groups (broad SMARTS) is 1. The molecule has 0 heterocycles. The van der Waals surface area contributed by atoms with E-state index in [1.807, 2.05) is 20.8 Å². The molecule has 0 unspecified atom stereocenters. The molecule has 192 valence electrons. The monoisotopic (exact) mass is 505 g/mol. The minimum Gasteiger partial charge on any atom is -0.494 e. The van der Waals surface area contributed by atoms with E-state index in [-0.39, 0.29) is 11.1 Å². The van der Waals surface area contributed by atoms with Gasteiger partial charge in [0.2, 0.25) is 12.2 Å². The molecule has 37 heavy (non-hydrogen) atoms. The van der Waals surface area contributed by atoms with Gasteiger partial charge >= 0.3 is 17.9 Å². The number of aliphatic carboxylic acids is 1. The molecular formula is C28H27NO8. The van der Waals surface area contributed by atoms with E-state index in [2.05, 4.69) is 5.32 Å². The van der Waals surface area contributed by atoms with Crippen LogP contribution in [0.3, 0.4) is 0 Å². The molecule has 0 saturated heterocycles. The van der Waals surface area contributed by atoms with Crippen LogP contribution in [0, 0.1) is 13.8 Å². The summed E-state index contributed by atoms with van der Waals surface area (Å²) >= 11 is 0. The quantitative estimate of drug-likeness (QED) is 0.393. The van der Waals surface area contributed by atoms with Crippen molar-refractivity contribution in [3.63, 3.8) is 0 Å². The second-order valence-electron chi connectivity index (χ2n) is 8.17. The molecule has 9 heteroatoms. The van der Waals surface area contributed by atoms with Gasteiger partial charge in [0, 0.05) is 5.69 Å². The second-order valence-corrected chi connectivity index (χ2v) is 8.17. The van der Waals surface area contributed by atoms with Crippen LogP contribution in [0.25, 0.3) is 0 Å². The summed E-state index contributed by atoms with van der Waals surface area (Å²) in [7, 11) is 0. The molecule has 3 aromatic rings. The molecule has 9 nitrogen and oxygen atoms in total. The number of carbonyl (C=O) groups excluding carboxylic acids is 3. The maximum absolute atomic E-state index is 13.2. The van der Waals surface area contributed by atoms with Gasteiger partial charge in [-0.25, -0.2) is 14.4 Å². The van der Waals surface area contributed by atoms with Gasteiger partial charge in [-0.2, -0.15) is 0 Å². The Morgan fingerprint density at radius 1 is 0.730 bits per heavy atom. The van der Waals surface area contributed by atoms with E-state index in [0.29, 0.717) is 18.0 Å². The zero-order valence-corrected chi connectivity index (χ0v) is 20.6. The average Bonchev–Trinajstić information content (AvgIpc) is 2.87. The molecule has 0 aliphatic rings. The lowest BCUT2D eigenvalue weighted by molar-refractivity contribution is -0.157. The molecule has 1 amide bonds. The fourth-order valence-corrected chi connectivity index (χ4v) is 3.26. The number of amides is 1. The number of hydrogen-bond donors (Lipinski definition) is 2. The summed E-state index contributed by atoms with van der Waals surface area (Å²) < 4.78 is 15.9. The van der Waals surface area contributed by atoms with E-state index in [0.717, 1.165) is 11.1 Å². The molecular weight excluding hydrogens is 478 g/mol. The van der Waals surface area contributed by atoms with E-state index in [1.165, 1.54) is 36.4 Å².